The predicted octanol–water partition coefficient (Wildman–Crippen LogP) is 3.88. The fourth-order valence-corrected chi connectivity index (χ4v) is 1.97. The Bertz CT molecular complexity index is 578. The first-order valence-electron chi connectivity index (χ1n) is 8.02. The Balaban J connectivity index is 2.92. The summed E-state index contributed by atoms with van der Waals surface area (Å²) in [6.45, 7) is 10.0. The summed E-state index contributed by atoms with van der Waals surface area (Å²) in [5, 5.41) is 12.1. The Morgan fingerprint density at radius 1 is 1.39 bits per heavy atom. The van der Waals surface area contributed by atoms with E-state index in [-0.39, 0.29) is 12.0 Å². The molecule has 1 amide bonds. The molecule has 0 heterocycles. The third-order valence-electron chi connectivity index (χ3n) is 3.50. The fraction of sp³-hybridized carbons (Fsp3) is 0.556. The Morgan fingerprint density at radius 3 is 2.61 bits per heavy atom. The number of nitrogens with one attached hydrogen (secondary N) is 1. The van der Waals surface area contributed by atoms with Gasteiger partial charge in [0, 0.05) is 12.3 Å². The average molecular weight is 318 g/mol. The summed E-state index contributed by atoms with van der Waals surface area (Å²) in [5.74, 6) is 0.302. The van der Waals surface area contributed by atoms with Crippen molar-refractivity contribution < 1.29 is 14.3 Å². The maximum absolute atomic E-state index is 12.5. The van der Waals surface area contributed by atoms with E-state index < -0.39 is 5.60 Å². The second kappa shape index (κ2) is 8.54. The molecule has 0 saturated carbocycles. The standard InChI is InChI=1S/C18H26N2O3/c1-6-10-22-18(5,7-2)17(21)20-15-8-9-16(23-13(3)4)14(11-15)12-19/h8-9,11,13H,6-7,10H2,1-5H3,(H,20,21)/t18-/m0/s1. The Morgan fingerprint density at radius 2 is 2.09 bits per heavy atom. The van der Waals surface area contributed by atoms with Gasteiger partial charge in [0.15, 0.2) is 0 Å². The van der Waals surface area contributed by atoms with Crippen molar-refractivity contribution in [3.63, 3.8) is 0 Å². The number of hydrogen-bond donors (Lipinski definition) is 1. The van der Waals surface area contributed by atoms with E-state index in [9.17, 15) is 10.1 Å². The van der Waals surface area contributed by atoms with Gasteiger partial charge >= 0.3 is 0 Å². The number of amides is 1. The number of nitriles is 1. The largest absolute Gasteiger partial charge is 0.490 e. The lowest BCUT2D eigenvalue weighted by Crippen LogP contribution is -2.42. The molecular formula is C18H26N2O3. The molecular weight excluding hydrogens is 292 g/mol. The summed E-state index contributed by atoms with van der Waals surface area (Å²) >= 11 is 0. The van der Waals surface area contributed by atoms with E-state index in [1.165, 1.54) is 0 Å². The van der Waals surface area contributed by atoms with Crippen molar-refractivity contribution in [2.75, 3.05) is 11.9 Å². The van der Waals surface area contributed by atoms with E-state index in [0.717, 1.165) is 6.42 Å². The van der Waals surface area contributed by atoms with Crippen molar-refractivity contribution in [1.29, 1.82) is 5.26 Å². The summed E-state index contributed by atoms with van der Waals surface area (Å²) in [7, 11) is 0. The minimum Gasteiger partial charge on any atom is -0.490 e. The number of benzene rings is 1. The molecule has 0 bridgehead atoms. The molecule has 1 N–H and O–H groups in total. The van der Waals surface area contributed by atoms with Crippen LogP contribution in [0.5, 0.6) is 5.75 Å². The first kappa shape index (κ1) is 19.0. The quantitative estimate of drug-likeness (QED) is 0.789. The van der Waals surface area contributed by atoms with E-state index in [2.05, 4.69) is 11.4 Å². The zero-order valence-electron chi connectivity index (χ0n) is 14.6. The van der Waals surface area contributed by atoms with Crippen LogP contribution in [0.25, 0.3) is 0 Å². The molecule has 5 heteroatoms. The van der Waals surface area contributed by atoms with E-state index in [0.29, 0.717) is 30.0 Å². The van der Waals surface area contributed by atoms with Gasteiger partial charge < -0.3 is 14.8 Å². The third kappa shape index (κ3) is 5.26. The highest BCUT2D eigenvalue weighted by Crippen LogP contribution is 2.25. The summed E-state index contributed by atoms with van der Waals surface area (Å²) in [6.07, 6.45) is 1.40. The van der Waals surface area contributed by atoms with Crippen LogP contribution >= 0.6 is 0 Å². The molecule has 0 spiro atoms. The SMILES string of the molecule is CCCO[C@@](C)(CC)C(=O)Nc1ccc(OC(C)C)c(C#N)c1. The Hall–Kier alpha value is -2.06. The molecule has 0 aliphatic rings. The van der Waals surface area contributed by atoms with Crippen LogP contribution in [0, 0.1) is 11.3 Å². The predicted molar refractivity (Wildman–Crippen MR) is 90.5 cm³/mol. The van der Waals surface area contributed by atoms with Crippen molar-refractivity contribution in [3.8, 4) is 11.8 Å². The highest BCUT2D eigenvalue weighted by molar-refractivity contribution is 5.97. The van der Waals surface area contributed by atoms with Gasteiger partial charge in [-0.05, 0) is 51.8 Å². The summed E-state index contributed by atoms with van der Waals surface area (Å²) in [4.78, 5) is 12.5. The van der Waals surface area contributed by atoms with Crippen LogP contribution in [0.4, 0.5) is 5.69 Å². The molecule has 1 aromatic rings. The van der Waals surface area contributed by atoms with Gasteiger partial charge in [-0.3, -0.25) is 4.79 Å². The monoisotopic (exact) mass is 318 g/mol. The van der Waals surface area contributed by atoms with E-state index in [1.807, 2.05) is 27.7 Å². The zero-order chi connectivity index (χ0) is 17.5. The molecule has 0 fully saturated rings. The van der Waals surface area contributed by atoms with Crippen molar-refractivity contribution >= 4 is 11.6 Å². The van der Waals surface area contributed by atoms with Gasteiger partial charge in [0.2, 0.25) is 0 Å². The lowest BCUT2D eigenvalue weighted by atomic mass is 10.0. The van der Waals surface area contributed by atoms with Gasteiger partial charge in [0.05, 0.1) is 11.7 Å². The van der Waals surface area contributed by atoms with Crippen LogP contribution < -0.4 is 10.1 Å². The van der Waals surface area contributed by atoms with Gasteiger partial charge in [-0.25, -0.2) is 0 Å². The van der Waals surface area contributed by atoms with Crippen LogP contribution in [-0.4, -0.2) is 24.2 Å². The molecule has 126 valence electrons. The van der Waals surface area contributed by atoms with E-state index in [1.54, 1.807) is 25.1 Å². The van der Waals surface area contributed by atoms with Gasteiger partial charge in [-0.2, -0.15) is 5.26 Å². The first-order chi connectivity index (χ1) is 10.9. The van der Waals surface area contributed by atoms with Crippen LogP contribution in [-0.2, 0) is 9.53 Å². The number of rotatable bonds is 8. The van der Waals surface area contributed by atoms with Gasteiger partial charge in [-0.1, -0.05) is 13.8 Å². The Labute approximate surface area is 138 Å². The zero-order valence-corrected chi connectivity index (χ0v) is 14.6. The summed E-state index contributed by atoms with van der Waals surface area (Å²) in [6, 6.07) is 7.14. The molecule has 0 aliphatic carbocycles. The average Bonchev–Trinajstić information content (AvgIpc) is 2.53. The second-order valence-corrected chi connectivity index (χ2v) is 5.88. The smallest absolute Gasteiger partial charge is 0.256 e. The molecule has 23 heavy (non-hydrogen) atoms. The van der Waals surface area contributed by atoms with Crippen molar-refractivity contribution in [2.45, 2.75) is 59.2 Å². The number of ether oxygens (including phenoxy) is 2. The molecule has 0 saturated heterocycles. The van der Waals surface area contributed by atoms with E-state index >= 15 is 0 Å². The lowest BCUT2D eigenvalue weighted by molar-refractivity contribution is -0.139. The third-order valence-corrected chi connectivity index (χ3v) is 3.50. The molecule has 1 aromatic carbocycles. The van der Waals surface area contributed by atoms with Gasteiger partial charge in [-0.15, -0.1) is 0 Å². The number of carbonyl (C=O) groups is 1. The molecule has 0 aromatic heterocycles. The number of carbonyl (C=O) groups excluding carboxylic acids is 1. The van der Waals surface area contributed by atoms with Crippen LogP contribution in [0.15, 0.2) is 18.2 Å². The van der Waals surface area contributed by atoms with Crippen molar-refractivity contribution in [2.24, 2.45) is 0 Å². The van der Waals surface area contributed by atoms with Crippen LogP contribution in [0.2, 0.25) is 0 Å². The van der Waals surface area contributed by atoms with Crippen LogP contribution in [0.3, 0.4) is 0 Å². The molecule has 5 nitrogen and oxygen atoms in total. The Kier molecular flexibility index (Phi) is 7.05. The highest BCUT2D eigenvalue weighted by atomic mass is 16.5. The van der Waals surface area contributed by atoms with Gasteiger partial charge in [0.25, 0.3) is 5.91 Å². The number of nitrogens with zero attached hydrogens (tertiary/aromatic N) is 1. The van der Waals surface area contributed by atoms with Crippen molar-refractivity contribution in [3.05, 3.63) is 23.8 Å². The topological polar surface area (TPSA) is 71.3 Å². The molecule has 1 atom stereocenters. The maximum Gasteiger partial charge on any atom is 0.256 e. The maximum atomic E-state index is 12.5. The first-order valence-corrected chi connectivity index (χ1v) is 8.02. The molecule has 1 rings (SSSR count). The van der Waals surface area contributed by atoms with Crippen molar-refractivity contribution in [1.82, 2.24) is 0 Å². The summed E-state index contributed by atoms with van der Waals surface area (Å²) < 4.78 is 11.3. The second-order valence-electron chi connectivity index (χ2n) is 5.88. The molecule has 0 radical (unpaired) electrons. The minimum absolute atomic E-state index is 0.0200. The minimum atomic E-state index is -0.879. The fourth-order valence-electron chi connectivity index (χ4n) is 1.97. The molecule has 0 unspecified atom stereocenters. The molecule has 0 aliphatic heterocycles. The van der Waals surface area contributed by atoms with Gasteiger partial charge in [0.1, 0.15) is 17.4 Å². The summed E-state index contributed by atoms with van der Waals surface area (Å²) in [5.41, 5.74) is 0.0715. The number of hydrogen-bond acceptors (Lipinski definition) is 4. The number of anilines is 1. The lowest BCUT2D eigenvalue weighted by Gasteiger charge is -2.27. The van der Waals surface area contributed by atoms with E-state index in [4.69, 9.17) is 9.47 Å². The highest BCUT2D eigenvalue weighted by Gasteiger charge is 2.32. The van der Waals surface area contributed by atoms with Crippen LogP contribution in [0.1, 0.15) is 53.0 Å². The normalized spacial score (nSPS) is 13.3.